The summed E-state index contributed by atoms with van der Waals surface area (Å²) in [5.41, 5.74) is 3.18. The van der Waals surface area contributed by atoms with Crippen LogP contribution in [0.1, 0.15) is 53.5 Å². The molecular formula is C26H33N3O4S. The molecule has 2 aromatic carbocycles. The summed E-state index contributed by atoms with van der Waals surface area (Å²) in [6.07, 6.45) is 4.17. The van der Waals surface area contributed by atoms with Crippen molar-refractivity contribution in [2.45, 2.75) is 69.9 Å². The number of amides is 1. The molecule has 3 rings (SSSR count). The quantitative estimate of drug-likeness (QED) is 0.616. The van der Waals surface area contributed by atoms with Crippen LogP contribution in [-0.4, -0.2) is 45.5 Å². The van der Waals surface area contributed by atoms with Gasteiger partial charge in [-0.05, 0) is 80.5 Å². The molecule has 0 heterocycles. The maximum absolute atomic E-state index is 13.6. The van der Waals surface area contributed by atoms with Gasteiger partial charge in [0.05, 0.1) is 23.6 Å². The number of carbonyl (C=O) groups is 1. The van der Waals surface area contributed by atoms with Crippen LogP contribution in [0.4, 0.5) is 0 Å². The summed E-state index contributed by atoms with van der Waals surface area (Å²) in [7, 11) is -0.698. The number of aryl methyl sites for hydroxylation is 1. The number of carbonyl (C=O) groups excluding carboxylic acids is 1. The van der Waals surface area contributed by atoms with Gasteiger partial charge in [-0.3, -0.25) is 4.79 Å². The molecule has 1 unspecified atom stereocenters. The SMILES string of the molecule is COc1cc(C)c(S(=O)(=O)NC(Cc2ccc(C#N)cc2)C(=O)N(C)C2CCCC2)c(C)c1C. The van der Waals surface area contributed by atoms with E-state index < -0.39 is 16.1 Å². The van der Waals surface area contributed by atoms with Crippen molar-refractivity contribution in [1.29, 1.82) is 5.26 Å². The lowest BCUT2D eigenvalue weighted by atomic mass is 10.0. The minimum atomic E-state index is -4.01. The molecule has 1 atom stereocenters. The Bertz CT molecular complexity index is 1190. The summed E-state index contributed by atoms with van der Waals surface area (Å²) < 4.78 is 35.3. The van der Waals surface area contributed by atoms with E-state index in [-0.39, 0.29) is 23.3 Å². The van der Waals surface area contributed by atoms with Crippen LogP contribution in [0.5, 0.6) is 5.75 Å². The molecule has 7 nitrogen and oxygen atoms in total. The summed E-state index contributed by atoms with van der Waals surface area (Å²) in [5.74, 6) is 0.375. The monoisotopic (exact) mass is 483 g/mol. The Balaban J connectivity index is 1.97. The van der Waals surface area contributed by atoms with Gasteiger partial charge in [-0.2, -0.15) is 9.98 Å². The van der Waals surface area contributed by atoms with Crippen LogP contribution in [0.2, 0.25) is 0 Å². The van der Waals surface area contributed by atoms with Gasteiger partial charge in [0.25, 0.3) is 0 Å². The number of sulfonamides is 1. The van der Waals surface area contributed by atoms with E-state index in [1.165, 1.54) is 0 Å². The molecule has 0 bridgehead atoms. The molecule has 0 saturated heterocycles. The van der Waals surface area contributed by atoms with Crippen LogP contribution in [0.15, 0.2) is 35.2 Å². The molecule has 1 fully saturated rings. The van der Waals surface area contributed by atoms with Crippen molar-refractivity contribution in [1.82, 2.24) is 9.62 Å². The van der Waals surface area contributed by atoms with E-state index in [0.717, 1.165) is 36.8 Å². The Kier molecular flexibility index (Phi) is 8.01. The summed E-state index contributed by atoms with van der Waals surface area (Å²) >= 11 is 0. The number of benzene rings is 2. The number of hydrogen-bond donors (Lipinski definition) is 1. The third kappa shape index (κ3) is 5.43. The molecule has 1 N–H and O–H groups in total. The molecule has 1 aliphatic rings. The van der Waals surface area contributed by atoms with Gasteiger partial charge < -0.3 is 9.64 Å². The van der Waals surface area contributed by atoms with Gasteiger partial charge in [-0.25, -0.2) is 8.42 Å². The van der Waals surface area contributed by atoms with Crippen molar-refractivity contribution >= 4 is 15.9 Å². The smallest absolute Gasteiger partial charge is 0.241 e. The van der Waals surface area contributed by atoms with Gasteiger partial charge in [0, 0.05) is 13.1 Å². The first-order valence-electron chi connectivity index (χ1n) is 11.5. The number of nitriles is 1. The largest absolute Gasteiger partial charge is 0.496 e. The van der Waals surface area contributed by atoms with Crippen LogP contribution >= 0.6 is 0 Å². The highest BCUT2D eigenvalue weighted by Crippen LogP contribution is 2.31. The second-order valence-corrected chi connectivity index (χ2v) is 10.7. The van der Waals surface area contributed by atoms with E-state index in [4.69, 9.17) is 10.00 Å². The number of rotatable bonds is 8. The first-order chi connectivity index (χ1) is 16.1. The van der Waals surface area contributed by atoms with E-state index in [2.05, 4.69) is 10.8 Å². The van der Waals surface area contributed by atoms with Gasteiger partial charge in [0.15, 0.2) is 0 Å². The molecule has 1 amide bonds. The summed E-state index contributed by atoms with van der Waals surface area (Å²) in [5, 5.41) is 9.07. The number of likely N-dealkylation sites (N-methyl/N-ethyl adjacent to an activating group) is 1. The lowest BCUT2D eigenvalue weighted by Gasteiger charge is -2.29. The van der Waals surface area contributed by atoms with E-state index >= 15 is 0 Å². The Morgan fingerprint density at radius 1 is 1.18 bits per heavy atom. The molecule has 34 heavy (non-hydrogen) atoms. The van der Waals surface area contributed by atoms with E-state index in [1.807, 2.05) is 6.92 Å². The molecule has 1 aliphatic carbocycles. The third-order valence-corrected chi connectivity index (χ3v) is 8.57. The Hall–Kier alpha value is -2.89. The average Bonchev–Trinajstić information content (AvgIpc) is 3.35. The second-order valence-electron chi connectivity index (χ2n) is 9.05. The van der Waals surface area contributed by atoms with E-state index in [9.17, 15) is 13.2 Å². The molecule has 0 aliphatic heterocycles. The third-order valence-electron chi connectivity index (χ3n) is 6.81. The van der Waals surface area contributed by atoms with Crippen molar-refractivity contribution in [3.05, 3.63) is 58.1 Å². The minimum Gasteiger partial charge on any atom is -0.496 e. The zero-order valence-electron chi connectivity index (χ0n) is 20.5. The Morgan fingerprint density at radius 2 is 1.79 bits per heavy atom. The molecule has 182 valence electrons. The fourth-order valence-electron chi connectivity index (χ4n) is 4.74. The summed E-state index contributed by atoms with van der Waals surface area (Å²) in [4.78, 5) is 15.4. The van der Waals surface area contributed by atoms with Crippen LogP contribution in [0.25, 0.3) is 0 Å². The molecule has 2 aromatic rings. The van der Waals surface area contributed by atoms with Gasteiger partial charge in [0.2, 0.25) is 15.9 Å². The van der Waals surface area contributed by atoms with Crippen molar-refractivity contribution in [3.8, 4) is 11.8 Å². The maximum atomic E-state index is 13.6. The lowest BCUT2D eigenvalue weighted by Crippen LogP contribution is -2.51. The Morgan fingerprint density at radius 3 is 2.35 bits per heavy atom. The fraction of sp³-hybridized carbons (Fsp3) is 0.462. The summed E-state index contributed by atoms with van der Waals surface area (Å²) in [6, 6.07) is 9.80. The highest BCUT2D eigenvalue weighted by molar-refractivity contribution is 7.89. The summed E-state index contributed by atoms with van der Waals surface area (Å²) in [6.45, 7) is 5.30. The first kappa shape index (κ1) is 25.7. The number of nitrogens with zero attached hydrogens (tertiary/aromatic N) is 2. The van der Waals surface area contributed by atoms with E-state index in [1.54, 1.807) is 63.2 Å². The number of methoxy groups -OCH3 is 1. The highest BCUT2D eigenvalue weighted by atomic mass is 32.2. The second kappa shape index (κ2) is 10.6. The highest BCUT2D eigenvalue weighted by Gasteiger charge is 2.33. The molecular weight excluding hydrogens is 450 g/mol. The zero-order valence-corrected chi connectivity index (χ0v) is 21.3. The van der Waals surface area contributed by atoms with Crippen LogP contribution in [0.3, 0.4) is 0 Å². The lowest BCUT2D eigenvalue weighted by molar-refractivity contribution is -0.133. The molecule has 0 aromatic heterocycles. The number of nitrogens with one attached hydrogen (secondary N) is 1. The number of hydrogen-bond acceptors (Lipinski definition) is 5. The van der Waals surface area contributed by atoms with Crippen molar-refractivity contribution in [2.24, 2.45) is 0 Å². The average molecular weight is 484 g/mol. The fourth-order valence-corrected chi connectivity index (χ4v) is 6.46. The van der Waals surface area contributed by atoms with Crippen molar-refractivity contribution in [3.63, 3.8) is 0 Å². The van der Waals surface area contributed by atoms with Crippen molar-refractivity contribution < 1.29 is 17.9 Å². The van der Waals surface area contributed by atoms with Gasteiger partial charge >= 0.3 is 0 Å². The van der Waals surface area contributed by atoms with Gasteiger partial charge in [0.1, 0.15) is 11.8 Å². The van der Waals surface area contributed by atoms with Gasteiger partial charge in [-0.1, -0.05) is 25.0 Å². The normalized spacial score (nSPS) is 15.1. The van der Waals surface area contributed by atoms with Crippen molar-refractivity contribution in [2.75, 3.05) is 14.2 Å². The minimum absolute atomic E-state index is 0.118. The predicted octanol–water partition coefficient (Wildman–Crippen LogP) is 3.78. The van der Waals surface area contributed by atoms with Crippen LogP contribution in [0, 0.1) is 32.1 Å². The van der Waals surface area contributed by atoms with Crippen LogP contribution in [-0.2, 0) is 21.2 Å². The first-order valence-corrected chi connectivity index (χ1v) is 13.0. The topological polar surface area (TPSA) is 99.5 Å². The maximum Gasteiger partial charge on any atom is 0.241 e. The van der Waals surface area contributed by atoms with Gasteiger partial charge in [-0.15, -0.1) is 0 Å². The standard InChI is InChI=1S/C26H33N3O4S/c1-17-14-24(33-5)18(2)19(3)25(17)34(31,32)28-23(15-20-10-12-21(16-27)13-11-20)26(30)29(4)22-8-6-7-9-22/h10-14,22-23,28H,6-9,15H2,1-5H3. The van der Waals surface area contributed by atoms with E-state index in [0.29, 0.717) is 22.4 Å². The zero-order chi connectivity index (χ0) is 25.0. The molecule has 1 saturated carbocycles. The number of ether oxygens (including phenoxy) is 1. The molecule has 0 spiro atoms. The van der Waals surface area contributed by atoms with Crippen LogP contribution < -0.4 is 9.46 Å². The predicted molar refractivity (Wildman–Crippen MR) is 131 cm³/mol. The Labute approximate surface area is 202 Å². The molecule has 8 heteroatoms. The molecule has 0 radical (unpaired) electrons.